The van der Waals surface area contributed by atoms with Gasteiger partial charge in [-0.2, -0.15) is 8.42 Å². The van der Waals surface area contributed by atoms with Crippen LogP contribution in [0.2, 0.25) is 0 Å². The number of amides is 2. The number of nitrogens with two attached hydrogens (primary N) is 1. The molecule has 2 unspecified atom stereocenters. The second kappa shape index (κ2) is 8.41. The molecule has 0 aliphatic carbocycles. The summed E-state index contributed by atoms with van der Waals surface area (Å²) in [6.45, 7) is 0.172. The topological polar surface area (TPSA) is 119 Å². The first-order chi connectivity index (χ1) is 11.8. The van der Waals surface area contributed by atoms with Crippen LogP contribution in [0, 0.1) is 0 Å². The molecule has 1 aliphatic rings. The van der Waals surface area contributed by atoms with Crippen LogP contribution in [-0.4, -0.2) is 63.7 Å². The van der Waals surface area contributed by atoms with Crippen molar-refractivity contribution in [2.75, 3.05) is 32.5 Å². The van der Waals surface area contributed by atoms with Crippen molar-refractivity contribution in [3.8, 4) is 0 Å². The molecule has 2 rings (SSSR count). The molecule has 0 saturated carbocycles. The van der Waals surface area contributed by atoms with Gasteiger partial charge in [0, 0.05) is 25.0 Å². The van der Waals surface area contributed by atoms with Gasteiger partial charge in [0.2, 0.25) is 11.8 Å². The highest BCUT2D eigenvalue weighted by Gasteiger charge is 2.30. The number of hydrogen-bond acceptors (Lipinski definition) is 6. The number of nitrogens with zero attached hydrogens (tertiary/aromatic N) is 1. The van der Waals surface area contributed by atoms with Crippen molar-refractivity contribution in [3.05, 3.63) is 35.9 Å². The van der Waals surface area contributed by atoms with Crippen molar-refractivity contribution >= 4 is 21.9 Å². The first-order valence-corrected chi connectivity index (χ1v) is 9.77. The highest BCUT2D eigenvalue weighted by molar-refractivity contribution is 7.86. The zero-order chi connectivity index (χ0) is 18.4. The van der Waals surface area contributed by atoms with E-state index in [4.69, 9.17) is 5.73 Å². The van der Waals surface area contributed by atoms with E-state index in [-0.39, 0.29) is 24.4 Å². The fourth-order valence-corrected chi connectivity index (χ4v) is 3.07. The van der Waals surface area contributed by atoms with Crippen LogP contribution in [0.3, 0.4) is 0 Å². The van der Waals surface area contributed by atoms with Crippen molar-refractivity contribution in [1.82, 2.24) is 10.2 Å². The number of piperidine rings is 1. The summed E-state index contributed by atoms with van der Waals surface area (Å²) >= 11 is 0. The molecule has 9 heteroatoms. The van der Waals surface area contributed by atoms with E-state index in [0.29, 0.717) is 19.5 Å². The Bertz CT molecular complexity index is 708. The number of hydrogen-bond donors (Lipinski definition) is 2. The predicted molar refractivity (Wildman–Crippen MR) is 92.2 cm³/mol. The fourth-order valence-electron chi connectivity index (χ4n) is 2.75. The van der Waals surface area contributed by atoms with E-state index >= 15 is 0 Å². The third kappa shape index (κ3) is 6.11. The maximum atomic E-state index is 12.3. The van der Waals surface area contributed by atoms with Gasteiger partial charge >= 0.3 is 0 Å². The Kier molecular flexibility index (Phi) is 6.51. The molecular weight excluding hydrogens is 346 g/mol. The van der Waals surface area contributed by atoms with Gasteiger partial charge in [0.15, 0.2) is 0 Å². The van der Waals surface area contributed by atoms with Gasteiger partial charge in [0.05, 0.1) is 12.8 Å². The minimum atomic E-state index is -3.69. The van der Waals surface area contributed by atoms with E-state index in [9.17, 15) is 18.0 Å². The Morgan fingerprint density at radius 2 is 2.00 bits per heavy atom. The Morgan fingerprint density at radius 3 is 2.64 bits per heavy atom. The zero-order valence-electron chi connectivity index (χ0n) is 14.1. The molecule has 1 saturated heterocycles. The smallest absolute Gasteiger partial charge is 0.264 e. The summed E-state index contributed by atoms with van der Waals surface area (Å²) in [6.07, 6.45) is 1.53. The summed E-state index contributed by atoms with van der Waals surface area (Å²) in [5.74, 6) is -0.851. The highest BCUT2D eigenvalue weighted by atomic mass is 32.2. The lowest BCUT2D eigenvalue weighted by Gasteiger charge is -2.37. The Hall–Kier alpha value is -1.97. The summed E-state index contributed by atoms with van der Waals surface area (Å²) in [5.41, 5.74) is 7.28. The lowest BCUT2D eigenvalue weighted by Crippen LogP contribution is -2.50. The molecule has 1 heterocycles. The van der Waals surface area contributed by atoms with Crippen LogP contribution in [0.25, 0.3) is 0 Å². The molecule has 8 nitrogen and oxygen atoms in total. The number of rotatable bonds is 6. The average molecular weight is 369 g/mol. The SMILES string of the molecule is CS(=O)(=O)OCC(=O)NCC(=O)N1CCC(N)C(c2ccccc2)C1. The van der Waals surface area contributed by atoms with E-state index in [1.807, 2.05) is 30.3 Å². The van der Waals surface area contributed by atoms with Gasteiger partial charge in [0.1, 0.15) is 6.61 Å². The normalized spacial score (nSPS) is 21.0. The van der Waals surface area contributed by atoms with Gasteiger partial charge < -0.3 is 16.0 Å². The van der Waals surface area contributed by atoms with Crippen LogP contribution in [0.15, 0.2) is 30.3 Å². The minimum absolute atomic E-state index is 0.0239. The second-order valence-corrected chi connectivity index (χ2v) is 7.70. The third-order valence-corrected chi connectivity index (χ3v) is 4.63. The average Bonchev–Trinajstić information content (AvgIpc) is 2.58. The van der Waals surface area contributed by atoms with Crippen LogP contribution in [0.5, 0.6) is 0 Å². The number of nitrogens with one attached hydrogen (secondary N) is 1. The summed E-state index contributed by atoms with van der Waals surface area (Å²) in [4.78, 5) is 25.5. The fraction of sp³-hybridized carbons (Fsp3) is 0.500. The summed E-state index contributed by atoms with van der Waals surface area (Å²) in [7, 11) is -3.69. The van der Waals surface area contributed by atoms with Gasteiger partial charge in [-0.25, -0.2) is 0 Å². The van der Waals surface area contributed by atoms with E-state index in [1.54, 1.807) is 4.90 Å². The summed E-state index contributed by atoms with van der Waals surface area (Å²) < 4.78 is 26.0. The molecule has 0 spiro atoms. The molecule has 2 amide bonds. The molecular formula is C16H23N3O5S. The van der Waals surface area contributed by atoms with E-state index in [1.165, 1.54) is 0 Å². The molecule has 0 radical (unpaired) electrons. The lowest BCUT2D eigenvalue weighted by molar-refractivity contribution is -0.134. The lowest BCUT2D eigenvalue weighted by atomic mass is 9.86. The number of likely N-dealkylation sites (tertiary alicyclic amines) is 1. The second-order valence-electron chi connectivity index (χ2n) is 6.05. The minimum Gasteiger partial charge on any atom is -0.345 e. The maximum absolute atomic E-state index is 12.3. The Labute approximate surface area is 147 Å². The van der Waals surface area contributed by atoms with E-state index in [2.05, 4.69) is 9.50 Å². The monoisotopic (exact) mass is 369 g/mol. The van der Waals surface area contributed by atoms with Crippen LogP contribution in [0.4, 0.5) is 0 Å². The Morgan fingerprint density at radius 1 is 1.32 bits per heavy atom. The van der Waals surface area contributed by atoms with E-state index in [0.717, 1.165) is 11.8 Å². The number of carbonyl (C=O) groups excluding carboxylic acids is 2. The number of benzene rings is 1. The van der Waals surface area contributed by atoms with Crippen LogP contribution >= 0.6 is 0 Å². The van der Waals surface area contributed by atoms with E-state index < -0.39 is 22.6 Å². The van der Waals surface area contributed by atoms with Gasteiger partial charge in [0.25, 0.3) is 10.1 Å². The first-order valence-electron chi connectivity index (χ1n) is 7.95. The zero-order valence-corrected chi connectivity index (χ0v) is 14.9. The molecule has 25 heavy (non-hydrogen) atoms. The molecule has 2 atom stereocenters. The van der Waals surface area contributed by atoms with Gasteiger partial charge in [-0.15, -0.1) is 0 Å². The highest BCUT2D eigenvalue weighted by Crippen LogP contribution is 2.25. The number of carbonyl (C=O) groups is 2. The molecule has 1 aliphatic heterocycles. The van der Waals surface area contributed by atoms with Gasteiger partial charge in [-0.3, -0.25) is 13.8 Å². The van der Waals surface area contributed by atoms with Crippen molar-refractivity contribution in [2.45, 2.75) is 18.4 Å². The standard InChI is InChI=1S/C16H23N3O5S/c1-25(22,23)24-11-15(20)18-9-16(21)19-8-7-14(17)13(10-19)12-5-3-2-4-6-12/h2-6,13-14H,7-11,17H2,1H3,(H,18,20). The molecule has 1 fully saturated rings. The summed E-state index contributed by atoms with van der Waals surface area (Å²) in [5, 5.41) is 2.37. The molecule has 0 aromatic heterocycles. The molecule has 1 aromatic carbocycles. The van der Waals surface area contributed by atoms with Crippen molar-refractivity contribution < 1.29 is 22.2 Å². The Balaban J connectivity index is 1.86. The van der Waals surface area contributed by atoms with Gasteiger partial charge in [-0.05, 0) is 12.0 Å². The molecule has 138 valence electrons. The largest absolute Gasteiger partial charge is 0.345 e. The third-order valence-electron chi connectivity index (χ3n) is 4.09. The van der Waals surface area contributed by atoms with Crippen molar-refractivity contribution in [3.63, 3.8) is 0 Å². The van der Waals surface area contributed by atoms with Crippen molar-refractivity contribution in [1.29, 1.82) is 0 Å². The van der Waals surface area contributed by atoms with Crippen LogP contribution in [0.1, 0.15) is 17.9 Å². The molecule has 0 bridgehead atoms. The first kappa shape index (κ1) is 19.4. The quantitative estimate of drug-likeness (QED) is 0.648. The van der Waals surface area contributed by atoms with Gasteiger partial charge in [-0.1, -0.05) is 30.3 Å². The summed E-state index contributed by atoms with van der Waals surface area (Å²) in [6, 6.07) is 9.75. The maximum Gasteiger partial charge on any atom is 0.264 e. The van der Waals surface area contributed by atoms with Crippen LogP contribution < -0.4 is 11.1 Å². The molecule has 1 aromatic rings. The predicted octanol–water partition coefficient (Wildman–Crippen LogP) is -0.578. The molecule has 3 N–H and O–H groups in total. The van der Waals surface area contributed by atoms with Crippen molar-refractivity contribution in [2.24, 2.45) is 5.73 Å². The van der Waals surface area contributed by atoms with Crippen LogP contribution in [-0.2, 0) is 23.9 Å².